The average Bonchev–Trinajstić information content (AvgIpc) is 2.86. The van der Waals surface area contributed by atoms with E-state index in [9.17, 15) is 4.79 Å². The maximum atomic E-state index is 12.2. The molecule has 2 rings (SSSR count). The fourth-order valence-corrected chi connectivity index (χ4v) is 3.92. The van der Waals surface area contributed by atoms with Gasteiger partial charge in [-0.3, -0.25) is 4.79 Å². The van der Waals surface area contributed by atoms with E-state index in [1.54, 1.807) is 0 Å². The maximum absolute atomic E-state index is 12.2. The number of allylic oxidation sites excluding steroid dienone is 5. The summed E-state index contributed by atoms with van der Waals surface area (Å²) < 4.78 is 0. The van der Waals surface area contributed by atoms with E-state index in [2.05, 4.69) is 17.5 Å². The van der Waals surface area contributed by atoms with Crippen molar-refractivity contribution < 1.29 is 4.79 Å². The zero-order valence-corrected chi connectivity index (χ0v) is 11.7. The molecule has 1 nitrogen and oxygen atoms in total. The lowest BCUT2D eigenvalue weighted by atomic mass is 10.2. The van der Waals surface area contributed by atoms with Gasteiger partial charge in [-0.15, -0.1) is 0 Å². The molecule has 0 saturated heterocycles. The van der Waals surface area contributed by atoms with Gasteiger partial charge in [-0.2, -0.15) is 10.9 Å². The lowest BCUT2D eigenvalue weighted by molar-refractivity contribution is -0.111. The number of carbonyl (C=O) groups excluding carboxylic acids is 1. The topological polar surface area (TPSA) is 17.1 Å². The molecule has 0 aliphatic carbocycles. The van der Waals surface area contributed by atoms with Crippen LogP contribution in [0.2, 0.25) is 0 Å². The van der Waals surface area contributed by atoms with Gasteiger partial charge in [-0.05, 0) is 36.5 Å². The molecule has 0 radical (unpaired) electrons. The molecule has 0 saturated carbocycles. The number of hydrogen-bond acceptors (Lipinski definition) is 1. The van der Waals surface area contributed by atoms with Gasteiger partial charge < -0.3 is 0 Å². The van der Waals surface area contributed by atoms with Gasteiger partial charge in [0, 0.05) is 10.7 Å². The molecule has 94 valence electrons. The molecule has 1 aromatic rings. The van der Waals surface area contributed by atoms with Crippen LogP contribution in [-0.2, 0) is 10.5 Å². The average molecular weight is 258 g/mol. The van der Waals surface area contributed by atoms with Crippen molar-refractivity contribution in [2.45, 2.75) is 19.6 Å². The molecule has 1 unspecified atom stereocenters. The molecule has 0 bridgehead atoms. The molecule has 0 N–H and O–H groups in total. The Bertz CT molecular complexity index is 523. The van der Waals surface area contributed by atoms with Crippen molar-refractivity contribution in [2.75, 3.05) is 0 Å². The van der Waals surface area contributed by atoms with E-state index in [1.807, 2.05) is 50.3 Å². The zero-order chi connectivity index (χ0) is 13.0. The van der Waals surface area contributed by atoms with Crippen LogP contribution >= 0.6 is 10.9 Å². The Hall–Kier alpha value is -1.54. The van der Waals surface area contributed by atoms with Crippen LogP contribution in [0.5, 0.6) is 0 Å². The van der Waals surface area contributed by atoms with Gasteiger partial charge in [-0.1, -0.05) is 42.5 Å². The Labute approximate surface area is 111 Å². The summed E-state index contributed by atoms with van der Waals surface area (Å²) in [4.78, 5) is 13.2. The summed E-state index contributed by atoms with van der Waals surface area (Å²) in [5.41, 5.74) is 2.14. The number of hydrogen-bond donors (Lipinski definition) is 1. The molecule has 18 heavy (non-hydrogen) atoms. The van der Waals surface area contributed by atoms with Crippen LogP contribution in [0.1, 0.15) is 19.4 Å². The van der Waals surface area contributed by atoms with Crippen molar-refractivity contribution in [1.82, 2.24) is 0 Å². The quantitative estimate of drug-likeness (QED) is 0.634. The van der Waals surface area contributed by atoms with Crippen LogP contribution in [0.4, 0.5) is 0 Å². The van der Waals surface area contributed by atoms with Gasteiger partial charge in [-0.25, -0.2) is 0 Å². The third kappa shape index (κ3) is 2.82. The number of carbonyl (C=O) groups is 1. The minimum absolute atomic E-state index is 0.199. The van der Waals surface area contributed by atoms with Gasteiger partial charge in [0.2, 0.25) is 0 Å². The fourth-order valence-electron chi connectivity index (χ4n) is 1.87. The third-order valence-corrected chi connectivity index (χ3v) is 5.26. The van der Waals surface area contributed by atoms with E-state index >= 15 is 0 Å². The second kappa shape index (κ2) is 5.87. The molecule has 0 fully saturated rings. The summed E-state index contributed by atoms with van der Waals surface area (Å²) in [5.74, 6) is 1.16. The van der Waals surface area contributed by atoms with Gasteiger partial charge in [0.1, 0.15) is 0 Å². The largest absolute Gasteiger partial charge is 0.288 e. The lowest BCUT2D eigenvalue weighted by Gasteiger charge is -2.17. The summed E-state index contributed by atoms with van der Waals surface area (Å²) >= 11 is 0. The molecule has 0 spiro atoms. The highest BCUT2D eigenvalue weighted by Crippen LogP contribution is 2.45. The molecule has 1 atom stereocenters. The lowest BCUT2D eigenvalue weighted by Crippen LogP contribution is -2.03. The van der Waals surface area contributed by atoms with Crippen LogP contribution in [0.3, 0.4) is 0 Å². The number of Topliss-reactive ketones (excluding diaryl/α,β-unsaturated/α-hetero) is 1. The predicted molar refractivity (Wildman–Crippen MR) is 80.8 cm³/mol. The van der Waals surface area contributed by atoms with E-state index in [4.69, 9.17) is 0 Å². The molecular weight excluding hydrogens is 240 g/mol. The van der Waals surface area contributed by atoms with Gasteiger partial charge in [0.05, 0.1) is 0 Å². The minimum Gasteiger partial charge on any atom is -0.288 e. The molecule has 0 aromatic heterocycles. The van der Waals surface area contributed by atoms with Crippen LogP contribution < -0.4 is 0 Å². The van der Waals surface area contributed by atoms with Crippen molar-refractivity contribution >= 4 is 16.7 Å². The van der Waals surface area contributed by atoms with Crippen LogP contribution in [-0.4, -0.2) is 5.78 Å². The van der Waals surface area contributed by atoms with E-state index in [-0.39, 0.29) is 5.78 Å². The standard InChI is InChI=1S/C16H18OS/c1-3-13(2)16(17)15-10-7-11-18(15)12-14-8-5-4-6-9-14/h3-11,18H,12H2,1-2H3/b13-3+. The summed E-state index contributed by atoms with van der Waals surface area (Å²) in [7, 11) is -0.472. The highest BCUT2D eigenvalue weighted by molar-refractivity contribution is 8.23. The highest BCUT2D eigenvalue weighted by Gasteiger charge is 2.19. The molecule has 1 aliphatic rings. The normalized spacial score (nSPS) is 20.9. The Balaban J connectivity index is 2.13. The first-order chi connectivity index (χ1) is 8.72. The SMILES string of the molecule is C/C=C(\C)C(=O)C1=CC=C[SH]1Cc1ccccc1. The zero-order valence-electron chi connectivity index (χ0n) is 10.8. The first-order valence-electron chi connectivity index (χ1n) is 6.09. The Morgan fingerprint density at radius 2 is 2.00 bits per heavy atom. The van der Waals surface area contributed by atoms with Crippen molar-refractivity contribution in [3.8, 4) is 0 Å². The van der Waals surface area contributed by atoms with Crippen molar-refractivity contribution in [2.24, 2.45) is 0 Å². The molecule has 2 heteroatoms. The monoisotopic (exact) mass is 258 g/mol. The van der Waals surface area contributed by atoms with E-state index < -0.39 is 10.9 Å². The first-order valence-corrected chi connectivity index (χ1v) is 7.68. The first kappa shape index (κ1) is 12.9. The molecule has 0 amide bonds. The Kier molecular flexibility index (Phi) is 4.21. The Morgan fingerprint density at radius 3 is 2.67 bits per heavy atom. The van der Waals surface area contributed by atoms with E-state index in [0.29, 0.717) is 0 Å². The third-order valence-electron chi connectivity index (χ3n) is 3.05. The van der Waals surface area contributed by atoms with Crippen LogP contribution in [0.25, 0.3) is 0 Å². The van der Waals surface area contributed by atoms with Crippen molar-refractivity contribution in [3.05, 3.63) is 70.0 Å². The van der Waals surface area contributed by atoms with E-state index in [1.165, 1.54) is 5.56 Å². The highest BCUT2D eigenvalue weighted by atomic mass is 32.2. The second-order valence-corrected chi connectivity index (χ2v) is 6.34. The van der Waals surface area contributed by atoms with E-state index in [0.717, 1.165) is 16.2 Å². The minimum atomic E-state index is -0.472. The predicted octanol–water partition coefficient (Wildman–Crippen LogP) is 4.13. The number of benzene rings is 1. The molecule has 1 heterocycles. The maximum Gasteiger partial charge on any atom is 0.193 e. The molecular formula is C16H18OS. The summed E-state index contributed by atoms with van der Waals surface area (Å²) in [6.45, 7) is 3.80. The summed E-state index contributed by atoms with van der Waals surface area (Å²) in [6, 6.07) is 10.4. The number of rotatable bonds is 4. The Morgan fingerprint density at radius 1 is 1.28 bits per heavy atom. The number of thiol groups is 1. The van der Waals surface area contributed by atoms with Gasteiger partial charge >= 0.3 is 0 Å². The summed E-state index contributed by atoms with van der Waals surface area (Å²) in [6.07, 6.45) is 5.88. The second-order valence-electron chi connectivity index (χ2n) is 4.31. The smallest absolute Gasteiger partial charge is 0.193 e. The van der Waals surface area contributed by atoms with Gasteiger partial charge in [0.15, 0.2) is 5.78 Å². The van der Waals surface area contributed by atoms with Crippen molar-refractivity contribution in [1.29, 1.82) is 0 Å². The molecule has 1 aliphatic heterocycles. The summed E-state index contributed by atoms with van der Waals surface area (Å²) in [5, 5.41) is 2.18. The van der Waals surface area contributed by atoms with Crippen molar-refractivity contribution in [3.63, 3.8) is 0 Å². The molecule has 1 aromatic carbocycles. The van der Waals surface area contributed by atoms with Crippen LogP contribution in [0, 0.1) is 0 Å². The number of ketones is 1. The van der Waals surface area contributed by atoms with Crippen LogP contribution in [0.15, 0.2) is 64.4 Å². The fraction of sp³-hybridized carbons (Fsp3) is 0.188. The van der Waals surface area contributed by atoms with Gasteiger partial charge in [0.25, 0.3) is 0 Å².